The van der Waals surface area contributed by atoms with Crippen molar-refractivity contribution < 1.29 is 4.79 Å². The van der Waals surface area contributed by atoms with Gasteiger partial charge >= 0.3 is 0 Å². The number of hydrogen-bond donors (Lipinski definition) is 1. The van der Waals surface area contributed by atoms with Crippen LogP contribution in [0.15, 0.2) is 4.47 Å². The van der Waals surface area contributed by atoms with E-state index in [1.165, 1.54) is 25.7 Å². The normalized spacial score (nSPS) is 28.6. The van der Waals surface area contributed by atoms with Gasteiger partial charge in [0.25, 0.3) is 0 Å². The Morgan fingerprint density at radius 2 is 2.19 bits per heavy atom. The molecule has 21 heavy (non-hydrogen) atoms. The van der Waals surface area contributed by atoms with Gasteiger partial charge in [-0.05, 0) is 55.0 Å². The van der Waals surface area contributed by atoms with Crippen LogP contribution < -0.4 is 5.32 Å². The lowest BCUT2D eigenvalue weighted by Crippen LogP contribution is -2.38. The maximum atomic E-state index is 12.7. The van der Waals surface area contributed by atoms with Crippen molar-refractivity contribution in [2.24, 2.45) is 5.92 Å². The zero-order chi connectivity index (χ0) is 15.0. The average Bonchev–Trinajstić information content (AvgIpc) is 3.03. The second-order valence-electron chi connectivity index (χ2n) is 6.41. The molecule has 0 spiro atoms. The summed E-state index contributed by atoms with van der Waals surface area (Å²) in [5.74, 6) is 1.04. The summed E-state index contributed by atoms with van der Waals surface area (Å²) >= 11 is 3.58. The second kappa shape index (κ2) is 6.21. The van der Waals surface area contributed by atoms with E-state index in [-0.39, 0.29) is 6.04 Å². The van der Waals surface area contributed by atoms with E-state index in [9.17, 15) is 4.79 Å². The summed E-state index contributed by atoms with van der Waals surface area (Å²) in [6, 6.07) is 0.625. The van der Waals surface area contributed by atoms with Gasteiger partial charge in [-0.1, -0.05) is 12.8 Å². The Balaban J connectivity index is 1.70. The molecule has 5 heteroatoms. The van der Waals surface area contributed by atoms with Crippen LogP contribution in [-0.2, 0) is 17.8 Å². The molecule has 3 atom stereocenters. The maximum absolute atomic E-state index is 12.7. The quantitative estimate of drug-likeness (QED) is 0.904. The Kier molecular flexibility index (Phi) is 4.50. The van der Waals surface area contributed by atoms with Crippen molar-refractivity contribution in [3.8, 4) is 0 Å². The largest absolute Gasteiger partial charge is 0.304 e. The maximum Gasteiger partial charge on any atom is 0.155 e. The number of aromatic nitrogens is 2. The molecule has 0 bridgehead atoms. The molecule has 3 unspecified atom stereocenters. The van der Waals surface area contributed by atoms with E-state index in [1.807, 2.05) is 11.6 Å². The summed E-state index contributed by atoms with van der Waals surface area (Å²) in [6.45, 7) is 4.85. The van der Waals surface area contributed by atoms with Gasteiger partial charge < -0.3 is 5.32 Å². The van der Waals surface area contributed by atoms with Gasteiger partial charge in [-0.3, -0.25) is 9.48 Å². The molecule has 2 heterocycles. The highest BCUT2D eigenvalue weighted by molar-refractivity contribution is 9.10. The zero-order valence-corrected chi connectivity index (χ0v) is 14.4. The summed E-state index contributed by atoms with van der Waals surface area (Å²) in [4.78, 5) is 12.7. The molecule has 116 valence electrons. The number of ketones is 1. The SMILES string of the molecule is CCn1nc(C)c(Br)c1CC(=O)C1CC2CCCCC2N1. The lowest BCUT2D eigenvalue weighted by molar-refractivity contribution is -0.120. The van der Waals surface area contributed by atoms with Crippen LogP contribution in [0.3, 0.4) is 0 Å². The fourth-order valence-corrected chi connectivity index (χ4v) is 4.31. The lowest BCUT2D eigenvalue weighted by atomic mass is 9.84. The van der Waals surface area contributed by atoms with Gasteiger partial charge in [-0.15, -0.1) is 0 Å². The van der Waals surface area contributed by atoms with E-state index in [2.05, 4.69) is 33.3 Å². The van der Waals surface area contributed by atoms with E-state index in [4.69, 9.17) is 0 Å². The fraction of sp³-hybridized carbons (Fsp3) is 0.750. The summed E-state index contributed by atoms with van der Waals surface area (Å²) in [5, 5.41) is 8.06. The highest BCUT2D eigenvalue weighted by Gasteiger charge is 2.38. The topological polar surface area (TPSA) is 46.9 Å². The van der Waals surface area contributed by atoms with Crippen molar-refractivity contribution in [2.45, 2.75) is 71.0 Å². The van der Waals surface area contributed by atoms with Crippen molar-refractivity contribution in [1.29, 1.82) is 0 Å². The van der Waals surface area contributed by atoms with E-state index in [1.54, 1.807) is 0 Å². The van der Waals surface area contributed by atoms with E-state index >= 15 is 0 Å². The highest BCUT2D eigenvalue weighted by atomic mass is 79.9. The third kappa shape index (κ3) is 2.95. The first-order valence-corrected chi connectivity index (χ1v) is 8.90. The van der Waals surface area contributed by atoms with Crippen molar-refractivity contribution in [3.63, 3.8) is 0 Å². The minimum atomic E-state index is 0.0468. The van der Waals surface area contributed by atoms with E-state index in [0.29, 0.717) is 24.2 Å². The summed E-state index contributed by atoms with van der Waals surface area (Å²) in [7, 11) is 0. The molecule has 1 aliphatic heterocycles. The van der Waals surface area contributed by atoms with Crippen LogP contribution in [0.5, 0.6) is 0 Å². The molecule has 1 aliphatic carbocycles. The Hall–Kier alpha value is -0.680. The molecule has 1 saturated heterocycles. The zero-order valence-electron chi connectivity index (χ0n) is 12.9. The monoisotopic (exact) mass is 353 g/mol. The van der Waals surface area contributed by atoms with Crippen molar-refractivity contribution in [1.82, 2.24) is 15.1 Å². The molecule has 3 rings (SSSR count). The number of rotatable bonds is 4. The van der Waals surface area contributed by atoms with Gasteiger partial charge in [0.05, 0.1) is 28.3 Å². The second-order valence-corrected chi connectivity index (χ2v) is 7.20. The van der Waals surface area contributed by atoms with E-state index < -0.39 is 0 Å². The van der Waals surface area contributed by atoms with Crippen LogP contribution in [0.25, 0.3) is 0 Å². The Morgan fingerprint density at radius 1 is 1.43 bits per heavy atom. The van der Waals surface area contributed by atoms with Crippen LogP contribution in [0.1, 0.15) is 50.4 Å². The first-order chi connectivity index (χ1) is 10.1. The highest BCUT2D eigenvalue weighted by Crippen LogP contribution is 2.34. The molecule has 0 aromatic carbocycles. The molecule has 1 aromatic heterocycles. The number of fused-ring (bicyclic) bond motifs is 1. The Morgan fingerprint density at radius 3 is 2.90 bits per heavy atom. The number of nitrogens with zero attached hydrogens (tertiary/aromatic N) is 2. The van der Waals surface area contributed by atoms with Crippen molar-refractivity contribution in [2.75, 3.05) is 0 Å². The van der Waals surface area contributed by atoms with Crippen molar-refractivity contribution >= 4 is 21.7 Å². The van der Waals surface area contributed by atoms with Crippen LogP contribution >= 0.6 is 15.9 Å². The standard InChI is InChI=1S/C16H24BrN3O/c1-3-20-14(16(17)10(2)19-20)9-15(21)13-8-11-6-4-5-7-12(11)18-13/h11-13,18H,3-9H2,1-2H3. The molecule has 2 aliphatic rings. The molecule has 4 nitrogen and oxygen atoms in total. The first-order valence-electron chi connectivity index (χ1n) is 8.10. The van der Waals surface area contributed by atoms with Gasteiger partial charge in [-0.2, -0.15) is 5.10 Å². The third-order valence-electron chi connectivity index (χ3n) is 5.05. The number of Topliss-reactive ketones (excluding diaryl/α,β-unsaturated/α-hetero) is 1. The number of hydrogen-bond acceptors (Lipinski definition) is 3. The van der Waals surface area contributed by atoms with Gasteiger partial charge in [0.1, 0.15) is 0 Å². The first kappa shape index (κ1) is 15.2. The van der Waals surface area contributed by atoms with Crippen LogP contribution in [-0.4, -0.2) is 27.6 Å². The predicted molar refractivity (Wildman–Crippen MR) is 86.3 cm³/mol. The number of carbonyl (C=O) groups excluding carboxylic acids is 1. The van der Waals surface area contributed by atoms with Gasteiger partial charge in [0.2, 0.25) is 0 Å². The summed E-state index contributed by atoms with van der Waals surface area (Å²) < 4.78 is 2.94. The van der Waals surface area contributed by atoms with E-state index in [0.717, 1.165) is 28.8 Å². The molecule has 2 fully saturated rings. The fourth-order valence-electron chi connectivity index (χ4n) is 3.89. The molecule has 0 radical (unpaired) electrons. The molecule has 0 amide bonds. The van der Waals surface area contributed by atoms with Crippen molar-refractivity contribution in [3.05, 3.63) is 15.9 Å². The van der Waals surface area contributed by atoms with Crippen LogP contribution in [0.2, 0.25) is 0 Å². The third-order valence-corrected chi connectivity index (χ3v) is 6.08. The minimum absolute atomic E-state index is 0.0468. The minimum Gasteiger partial charge on any atom is -0.304 e. The predicted octanol–water partition coefficient (Wildman–Crippen LogP) is 3.01. The van der Waals surface area contributed by atoms with Crippen LogP contribution in [0, 0.1) is 12.8 Å². The van der Waals surface area contributed by atoms with Gasteiger partial charge in [0.15, 0.2) is 5.78 Å². The Labute approximate surface area is 134 Å². The summed E-state index contributed by atoms with van der Waals surface area (Å²) in [6.07, 6.45) is 6.67. The summed E-state index contributed by atoms with van der Waals surface area (Å²) in [5.41, 5.74) is 1.99. The van der Waals surface area contributed by atoms with Crippen LogP contribution in [0.4, 0.5) is 0 Å². The number of aryl methyl sites for hydroxylation is 2. The number of nitrogens with one attached hydrogen (secondary N) is 1. The lowest BCUT2D eigenvalue weighted by Gasteiger charge is -2.24. The van der Waals surface area contributed by atoms with Gasteiger partial charge in [-0.25, -0.2) is 0 Å². The number of halogens is 1. The molecule has 1 aromatic rings. The molecule has 1 N–H and O–H groups in total. The molecule has 1 saturated carbocycles. The molecular weight excluding hydrogens is 330 g/mol. The average molecular weight is 354 g/mol. The van der Waals surface area contributed by atoms with Gasteiger partial charge in [0, 0.05) is 12.6 Å². The Bertz CT molecular complexity index is 526. The number of carbonyl (C=O) groups is 1. The molecular formula is C16H24BrN3O. The smallest absolute Gasteiger partial charge is 0.155 e.